The minimum Gasteiger partial charge on any atom is -0.147 e. The number of hydrogen-bond acceptors (Lipinski definition) is 0. The van der Waals surface area contributed by atoms with E-state index < -0.39 is 0 Å². The van der Waals surface area contributed by atoms with E-state index in [-0.39, 0.29) is 24.8 Å². The van der Waals surface area contributed by atoms with Crippen molar-refractivity contribution < 1.29 is 0 Å². The topological polar surface area (TPSA) is 0 Å². The molecule has 0 aromatic heterocycles. The summed E-state index contributed by atoms with van der Waals surface area (Å²) in [4.78, 5) is 0. The summed E-state index contributed by atoms with van der Waals surface area (Å²) in [6.07, 6.45) is 0. The quantitative estimate of drug-likeness (QED) is 0.401. The van der Waals surface area contributed by atoms with E-state index in [1.54, 1.807) is 0 Å². The summed E-state index contributed by atoms with van der Waals surface area (Å²) in [5.74, 6) is 0. The highest BCUT2D eigenvalue weighted by molar-refractivity contribution is 6.05. The molecule has 0 N–H and O–H groups in total. The van der Waals surface area contributed by atoms with E-state index in [0.717, 1.165) is 0 Å². The lowest BCUT2D eigenvalue weighted by Gasteiger charge is -1.04. The molecule has 0 nitrogen and oxygen atoms in total. The maximum atomic E-state index is 2.14. The fraction of sp³-hybridized carbons (Fsp3) is 1.00. The molecule has 0 bridgehead atoms. The lowest BCUT2D eigenvalue weighted by molar-refractivity contribution is 2.40. The Bertz CT molecular complexity index is 6.00. The lowest BCUT2D eigenvalue weighted by Crippen LogP contribution is -1.13. The molecule has 0 spiro atoms. The Morgan fingerprint density at radius 3 is 1.00 bits per heavy atom. The van der Waals surface area contributed by atoms with Gasteiger partial charge in [-0.1, -0.05) is 6.55 Å². The summed E-state index contributed by atoms with van der Waals surface area (Å²) in [5, 5.41) is 0. The largest absolute Gasteiger partial charge is 0.147 e. The second-order valence-corrected chi connectivity index (χ2v) is 0. The van der Waals surface area contributed by atoms with Crippen molar-refractivity contribution in [3.8, 4) is 0 Å². The Labute approximate surface area is 42.2 Å². The van der Waals surface area contributed by atoms with Gasteiger partial charge >= 0.3 is 0 Å². The zero-order chi connectivity index (χ0) is 2.00. The van der Waals surface area contributed by atoms with E-state index in [1.165, 1.54) is 10.2 Å². The van der Waals surface area contributed by atoms with E-state index in [4.69, 9.17) is 0 Å². The molecule has 0 aliphatic carbocycles. The monoisotopic (exact) mass is 118 g/mol. The summed E-state index contributed by atoms with van der Waals surface area (Å²) in [5.41, 5.74) is 0. The van der Waals surface area contributed by atoms with Crippen molar-refractivity contribution in [1.82, 2.24) is 0 Å². The number of halogens is 2. The SMILES string of the molecule is C[SiH3].Cl.Cl. The Balaban J connectivity index is -0.00000000500. The first-order valence-corrected chi connectivity index (χ1v) is 3.00. The van der Waals surface area contributed by atoms with Gasteiger partial charge in [0.15, 0.2) is 0 Å². The fourth-order valence-corrected chi connectivity index (χ4v) is 0. The number of hydrogen-bond donors (Lipinski definition) is 0. The molecule has 0 aliphatic rings. The van der Waals surface area contributed by atoms with E-state index in [1.807, 2.05) is 0 Å². The van der Waals surface area contributed by atoms with Gasteiger partial charge in [-0.2, -0.15) is 0 Å². The van der Waals surface area contributed by atoms with Crippen molar-refractivity contribution in [3.63, 3.8) is 0 Å². The molecule has 30 valence electrons. The van der Waals surface area contributed by atoms with Crippen LogP contribution in [0.4, 0.5) is 0 Å². The zero-order valence-corrected chi connectivity index (χ0v) is 6.45. The van der Waals surface area contributed by atoms with E-state index >= 15 is 0 Å². The van der Waals surface area contributed by atoms with Crippen LogP contribution in [0.5, 0.6) is 0 Å². The summed E-state index contributed by atoms with van der Waals surface area (Å²) >= 11 is 0. The van der Waals surface area contributed by atoms with Crippen molar-refractivity contribution in [2.75, 3.05) is 0 Å². The van der Waals surface area contributed by atoms with Crippen LogP contribution in [0.2, 0.25) is 6.55 Å². The average Bonchev–Trinajstić information content (AvgIpc) is 1.00. The van der Waals surface area contributed by atoms with Gasteiger partial charge in [-0.3, -0.25) is 0 Å². The van der Waals surface area contributed by atoms with E-state index in [2.05, 4.69) is 6.55 Å². The third-order valence-electron chi connectivity index (χ3n) is 0. The molecule has 0 aliphatic heterocycles. The zero-order valence-electron chi connectivity index (χ0n) is 2.82. The van der Waals surface area contributed by atoms with Gasteiger partial charge in [0.2, 0.25) is 0 Å². The Kier molecular flexibility index (Phi) is 250. The summed E-state index contributed by atoms with van der Waals surface area (Å²) in [6, 6.07) is 0. The van der Waals surface area contributed by atoms with Gasteiger partial charge in [0.05, 0.1) is 0 Å². The Morgan fingerprint density at radius 2 is 1.00 bits per heavy atom. The van der Waals surface area contributed by atoms with Gasteiger partial charge in [0.1, 0.15) is 0 Å². The average molecular weight is 119 g/mol. The second-order valence-electron chi connectivity index (χ2n) is 0. The molecule has 0 saturated carbocycles. The molecule has 0 aromatic carbocycles. The van der Waals surface area contributed by atoms with Crippen molar-refractivity contribution in [3.05, 3.63) is 0 Å². The van der Waals surface area contributed by atoms with Crippen LogP contribution in [0.3, 0.4) is 0 Å². The van der Waals surface area contributed by atoms with Crippen molar-refractivity contribution in [2.45, 2.75) is 6.55 Å². The highest BCUT2D eigenvalue weighted by Gasteiger charge is 0.962. The van der Waals surface area contributed by atoms with Crippen molar-refractivity contribution in [1.29, 1.82) is 0 Å². The van der Waals surface area contributed by atoms with Crippen LogP contribution in [0.15, 0.2) is 0 Å². The molecule has 0 unspecified atom stereocenters. The third kappa shape index (κ3) is 14.2. The molecular weight excluding hydrogens is 111 g/mol. The van der Waals surface area contributed by atoms with Crippen LogP contribution < -0.4 is 0 Å². The normalized spacial score (nSPS) is 2.25. The maximum absolute atomic E-state index is 2.14. The van der Waals surface area contributed by atoms with Crippen LogP contribution in [0.25, 0.3) is 0 Å². The molecule has 0 heterocycles. The molecule has 3 heteroatoms. The molecule has 0 fully saturated rings. The fourth-order valence-electron chi connectivity index (χ4n) is 0. The smallest absolute Gasteiger partial charge is 0.000585 e. The molecule has 4 heavy (non-hydrogen) atoms. The van der Waals surface area contributed by atoms with E-state index in [0.29, 0.717) is 0 Å². The molecule has 0 amide bonds. The van der Waals surface area contributed by atoms with Crippen LogP contribution >= 0.6 is 24.8 Å². The summed E-state index contributed by atoms with van der Waals surface area (Å²) in [7, 11) is 1.31. The molecule has 0 saturated heterocycles. The standard InChI is InChI=1S/CH6Si.2ClH/c1-2;;/h1-2H3;2*1H. The van der Waals surface area contributed by atoms with Crippen molar-refractivity contribution >= 4 is 35.1 Å². The first-order valence-electron chi connectivity index (χ1n) is 1.00. The van der Waals surface area contributed by atoms with Crippen LogP contribution in [-0.2, 0) is 0 Å². The predicted octanol–water partition coefficient (Wildman–Crippen LogP) is 0.243. The van der Waals surface area contributed by atoms with E-state index in [9.17, 15) is 0 Å². The van der Waals surface area contributed by atoms with Crippen LogP contribution in [-0.4, -0.2) is 10.2 Å². The van der Waals surface area contributed by atoms with Gasteiger partial charge in [-0.25, -0.2) is 0 Å². The maximum Gasteiger partial charge on any atom is -0.000585 e. The molecule has 0 atom stereocenters. The lowest BCUT2D eigenvalue weighted by atomic mass is 11.9. The van der Waals surface area contributed by atoms with Gasteiger partial charge in [0, 0.05) is 0 Å². The Morgan fingerprint density at radius 1 is 1.00 bits per heavy atom. The molecule has 0 rings (SSSR count). The number of rotatable bonds is 0. The van der Waals surface area contributed by atoms with Gasteiger partial charge in [0.25, 0.3) is 0 Å². The summed E-state index contributed by atoms with van der Waals surface area (Å²) in [6.45, 7) is 2.14. The molecule has 0 radical (unpaired) electrons. The van der Waals surface area contributed by atoms with Crippen LogP contribution in [0, 0.1) is 0 Å². The van der Waals surface area contributed by atoms with Crippen LogP contribution in [0.1, 0.15) is 0 Å². The van der Waals surface area contributed by atoms with Gasteiger partial charge in [-0.15, -0.1) is 24.8 Å². The molecule has 0 aromatic rings. The predicted molar refractivity (Wildman–Crippen MR) is 30.3 cm³/mol. The van der Waals surface area contributed by atoms with Crippen molar-refractivity contribution in [2.24, 2.45) is 0 Å². The second kappa shape index (κ2) is 46.8. The van der Waals surface area contributed by atoms with Gasteiger partial charge in [-0.05, 0) is 10.2 Å². The highest BCUT2D eigenvalue weighted by Crippen LogP contribution is 0.960. The van der Waals surface area contributed by atoms with Gasteiger partial charge < -0.3 is 0 Å². The first-order chi connectivity index (χ1) is 1.00. The molecular formula is CH8Cl2Si. The summed E-state index contributed by atoms with van der Waals surface area (Å²) < 4.78 is 0. The first kappa shape index (κ1) is 21.4. The highest BCUT2D eigenvalue weighted by atomic mass is 35.5. The minimum atomic E-state index is 0. The minimum absolute atomic E-state index is 0. The third-order valence-corrected chi connectivity index (χ3v) is 0. The Hall–Kier alpha value is 0.797.